The van der Waals surface area contributed by atoms with Crippen LogP contribution in [0.4, 0.5) is 11.6 Å². The van der Waals surface area contributed by atoms with Gasteiger partial charge in [-0.05, 0) is 83.6 Å². The summed E-state index contributed by atoms with van der Waals surface area (Å²) in [4.78, 5) is 245. The number of nitrogens with one attached hydrogen (secondary N) is 11. The molecule has 97 heavy (non-hydrogen) atoms. The largest absolute Gasteiger partial charge is 0.481 e. The number of carboxylic acids is 5. The van der Waals surface area contributed by atoms with Crippen molar-refractivity contribution in [2.45, 2.75) is 166 Å². The number of benzene rings is 1. The number of anilines is 2. The van der Waals surface area contributed by atoms with E-state index in [2.05, 4.69) is 80.4 Å². The van der Waals surface area contributed by atoms with Gasteiger partial charge in [-0.1, -0.05) is 6.92 Å². The molecule has 0 spiro atoms. The number of amides is 9. The number of nitrogen functional groups attached to an aromatic ring is 1. The minimum atomic E-state index is -1.88. The van der Waals surface area contributed by atoms with Crippen LogP contribution in [-0.2, 0) is 83.3 Å². The van der Waals surface area contributed by atoms with E-state index in [1.807, 2.05) is 5.32 Å². The third kappa shape index (κ3) is 29.0. The van der Waals surface area contributed by atoms with Gasteiger partial charge in [-0.3, -0.25) is 67.3 Å². The number of thiol groups is 1. The number of carboxylic acid groups (broad SMARTS) is 5. The molecule has 9 atom stereocenters. The Morgan fingerprint density at radius 3 is 1.37 bits per heavy atom. The summed E-state index contributed by atoms with van der Waals surface area (Å²) in [6, 6.07) is -8.31. The smallest absolute Gasteiger partial charge is 0.327 e. The number of hydrogen-bond acceptors (Lipinski definition) is 24. The van der Waals surface area contributed by atoms with Crippen molar-refractivity contribution in [3.63, 3.8) is 0 Å². The molecule has 0 radical (unpaired) electrons. The molecule has 0 aliphatic rings. The summed E-state index contributed by atoms with van der Waals surface area (Å²) in [7, 11) is 0. The molecule has 3 aromatic rings. The Bertz CT molecular complexity index is 3520. The molecule has 0 aliphatic heterocycles. The number of aromatic nitrogens is 4. The first kappa shape index (κ1) is 80.2. The number of aliphatic carboxylic acids is 5. The van der Waals surface area contributed by atoms with Crippen LogP contribution in [0.1, 0.15) is 127 Å². The highest BCUT2D eigenvalue weighted by Crippen LogP contribution is 2.15. The molecular formula is C58H77N15O23S. The van der Waals surface area contributed by atoms with Gasteiger partial charge in [0.05, 0.1) is 30.8 Å². The second kappa shape index (κ2) is 39.6. The minimum absolute atomic E-state index is 0.00273. The third-order valence-electron chi connectivity index (χ3n) is 14.0. The molecule has 9 amide bonds. The summed E-state index contributed by atoms with van der Waals surface area (Å²) in [5.74, 6) is -21.0. The van der Waals surface area contributed by atoms with Gasteiger partial charge in [0, 0.05) is 62.1 Å². The Kier molecular flexibility index (Phi) is 32.8. The molecule has 0 saturated heterocycles. The molecule has 0 fully saturated rings. The van der Waals surface area contributed by atoms with Gasteiger partial charge >= 0.3 is 29.8 Å². The van der Waals surface area contributed by atoms with E-state index in [0.29, 0.717) is 11.4 Å². The number of carbonyl (C=O) groups is 17. The number of nitrogens with zero attached hydrogens (tertiary/aromatic N) is 3. The van der Waals surface area contributed by atoms with Crippen molar-refractivity contribution in [2.24, 2.45) is 5.92 Å². The average Bonchev–Trinajstić information content (AvgIpc) is 0.922. The summed E-state index contributed by atoms with van der Waals surface area (Å²) in [5.41, 5.74) is 5.74. The Balaban J connectivity index is 1.78. The number of ketones is 3. The first-order chi connectivity index (χ1) is 45.6. The normalized spacial score (nSPS) is 13.7. The fraction of sp³-hybridized carbons (Fsp3) is 0.500. The van der Waals surface area contributed by atoms with Crippen molar-refractivity contribution >= 4 is 136 Å². The van der Waals surface area contributed by atoms with Gasteiger partial charge in [0.1, 0.15) is 65.7 Å². The number of carbonyl (C=O) groups excluding carboxylic acids is 12. The predicted octanol–water partition coefficient (Wildman–Crippen LogP) is -3.66. The SMILES string of the molecule is CC(=O)CC[C@H](NC(=O)CC[C@H](NC(=O)c1ccc(NCc2cnc3nc(N)[nH]c(=O)c3n2)cc1)C(=O)O)C(=O)N[C@@H](CCC(=O)O)C(=O)N[C@@H](CCC(C)=O)C(=O)NC(CCC(=O)O)C(=O)N[C@@H](CCC(C)=O)C(=O)NC[C@H](C)C(=O)N[C@@H](CC(=O)O)C(=O)N[C@@H](CS)C(=O)O. The van der Waals surface area contributed by atoms with E-state index in [1.54, 1.807) is 0 Å². The maximum atomic E-state index is 14.1. The molecular weight excluding hydrogens is 1310 g/mol. The predicted molar refractivity (Wildman–Crippen MR) is 337 cm³/mol. The van der Waals surface area contributed by atoms with Crippen LogP contribution in [0.15, 0.2) is 35.3 Å². The van der Waals surface area contributed by atoms with Crippen LogP contribution in [0, 0.1) is 5.92 Å². The van der Waals surface area contributed by atoms with Gasteiger partial charge in [-0.2, -0.15) is 17.6 Å². The van der Waals surface area contributed by atoms with Crippen molar-refractivity contribution < 1.29 is 107 Å². The molecule has 3 rings (SSSR count). The summed E-state index contributed by atoms with van der Waals surface area (Å²) in [6.07, 6.45) is -6.47. The zero-order valence-electron chi connectivity index (χ0n) is 52.8. The minimum Gasteiger partial charge on any atom is -0.481 e. The van der Waals surface area contributed by atoms with E-state index in [-0.39, 0.29) is 42.1 Å². The second-order valence-electron chi connectivity index (χ2n) is 22.2. The van der Waals surface area contributed by atoms with Crippen molar-refractivity contribution in [1.29, 1.82) is 0 Å². The number of H-pyrrole nitrogens is 1. The molecule has 39 heteroatoms. The van der Waals surface area contributed by atoms with E-state index in [9.17, 15) is 112 Å². The highest BCUT2D eigenvalue weighted by Gasteiger charge is 2.35. The van der Waals surface area contributed by atoms with Crippen LogP contribution in [0.3, 0.4) is 0 Å². The standard InChI is InChI=1S/C58H77N15O23S/c1-26(47(84)70-39(21-44(82)83)54(91)71-40(25-97)57(95)96)22-62-49(86)33(12-5-27(2)74)65-52(89)36(16-19-42(78)79)68-51(88)35(14-7-29(4)76)66-53(90)37(17-20-43(80)81)67-50(87)34(13-6-28(3)75)64-41(77)18-15-38(56(93)94)69-48(85)30-8-10-31(11-9-30)60-23-32-24-61-46-45(63-32)55(92)73-58(59)72-46/h8-11,24,26,33-40,60,97H,5-7,12-23,25H2,1-4H3,(H,62,86)(H,64,77)(H,65,89)(H,66,90)(H,67,87)(H,68,88)(H,69,85)(H,70,84)(H,71,91)(H,78,79)(H,80,81)(H,82,83)(H,93,94)(H,95,96)(H3,59,61,72,73,92)/t26-,33-,34-,35-,36?,37-,38-,39-,40-/m0/s1. The molecule has 0 saturated carbocycles. The van der Waals surface area contributed by atoms with Gasteiger partial charge in [-0.15, -0.1) is 0 Å². The first-order valence-corrected chi connectivity index (χ1v) is 30.5. The van der Waals surface area contributed by atoms with E-state index >= 15 is 0 Å². The number of Topliss-reactive ketones (excluding diaryl/α,β-unsaturated/α-hetero) is 3. The molecule has 18 N–H and O–H groups in total. The lowest BCUT2D eigenvalue weighted by Gasteiger charge is -2.27. The third-order valence-corrected chi connectivity index (χ3v) is 14.4. The van der Waals surface area contributed by atoms with Gasteiger partial charge in [0.25, 0.3) is 11.5 Å². The van der Waals surface area contributed by atoms with E-state index in [0.717, 1.165) is 20.8 Å². The van der Waals surface area contributed by atoms with Gasteiger partial charge in [0.15, 0.2) is 11.2 Å². The Hall–Kier alpha value is -11.0. The molecule has 0 bridgehead atoms. The average molecular weight is 1380 g/mol. The number of aromatic amines is 1. The van der Waals surface area contributed by atoms with Crippen molar-refractivity contribution in [2.75, 3.05) is 23.3 Å². The highest BCUT2D eigenvalue weighted by atomic mass is 32.1. The van der Waals surface area contributed by atoms with Crippen LogP contribution in [0.2, 0.25) is 0 Å². The van der Waals surface area contributed by atoms with Gasteiger partial charge < -0.3 is 98.8 Å². The quantitative estimate of drug-likeness (QED) is 0.0243. The lowest BCUT2D eigenvalue weighted by molar-refractivity contribution is -0.143. The summed E-state index contributed by atoms with van der Waals surface area (Å²) in [6.45, 7) is 4.13. The summed E-state index contributed by atoms with van der Waals surface area (Å²) in [5, 5.41) is 71.2. The molecule has 38 nitrogen and oxygen atoms in total. The maximum absolute atomic E-state index is 14.1. The topological polar surface area (TPSA) is 609 Å². The van der Waals surface area contributed by atoms with Gasteiger partial charge in [-0.25, -0.2) is 19.6 Å². The van der Waals surface area contributed by atoms with Crippen molar-refractivity contribution in [3.05, 3.63) is 52.1 Å². The van der Waals surface area contributed by atoms with Crippen LogP contribution in [0.25, 0.3) is 11.2 Å². The first-order valence-electron chi connectivity index (χ1n) is 29.8. The fourth-order valence-corrected chi connectivity index (χ4v) is 8.91. The zero-order chi connectivity index (χ0) is 72.8. The van der Waals surface area contributed by atoms with E-state index in [1.165, 1.54) is 37.4 Å². The van der Waals surface area contributed by atoms with Crippen molar-refractivity contribution in [3.8, 4) is 0 Å². The lowest BCUT2D eigenvalue weighted by atomic mass is 10.0. The number of rotatable bonds is 44. The number of fused-ring (bicyclic) bond motifs is 1. The van der Waals surface area contributed by atoms with Crippen LogP contribution in [0.5, 0.6) is 0 Å². The maximum Gasteiger partial charge on any atom is 0.327 e. The Morgan fingerprint density at radius 1 is 0.505 bits per heavy atom. The molecule has 1 aromatic carbocycles. The zero-order valence-corrected chi connectivity index (χ0v) is 53.7. The van der Waals surface area contributed by atoms with Crippen LogP contribution >= 0.6 is 12.6 Å². The van der Waals surface area contributed by atoms with E-state index in [4.69, 9.17) is 5.73 Å². The Morgan fingerprint density at radius 2 is 0.928 bits per heavy atom. The van der Waals surface area contributed by atoms with Crippen molar-refractivity contribution in [1.82, 2.24) is 67.8 Å². The van der Waals surface area contributed by atoms with Gasteiger partial charge in [0.2, 0.25) is 53.2 Å². The molecule has 2 heterocycles. The Labute approximate surface area is 556 Å². The molecule has 1 unspecified atom stereocenters. The lowest BCUT2D eigenvalue weighted by Crippen LogP contribution is -2.59. The number of hydrogen-bond donors (Lipinski definition) is 18. The van der Waals surface area contributed by atoms with E-state index < -0.39 is 243 Å². The summed E-state index contributed by atoms with van der Waals surface area (Å²) >= 11 is 3.82. The van der Waals surface area contributed by atoms with Crippen LogP contribution < -0.4 is 64.5 Å². The van der Waals surface area contributed by atoms with Crippen LogP contribution in [-0.4, -0.2) is 206 Å². The molecule has 528 valence electrons. The number of nitrogens with two attached hydrogens (primary N) is 1. The molecule has 2 aromatic heterocycles. The highest BCUT2D eigenvalue weighted by molar-refractivity contribution is 7.80. The monoisotopic (exact) mass is 1380 g/mol. The summed E-state index contributed by atoms with van der Waals surface area (Å²) < 4.78 is 0. The second-order valence-corrected chi connectivity index (χ2v) is 22.5. The fourth-order valence-electron chi connectivity index (χ4n) is 8.67. The molecule has 0 aliphatic carbocycles.